The van der Waals surface area contributed by atoms with Crippen LogP contribution in [-0.4, -0.2) is 5.17 Å². The number of hydrogen-bond acceptors (Lipinski definition) is 2. The number of ether oxygens (including phenoxy) is 1. The lowest BCUT2D eigenvalue weighted by molar-refractivity contribution is 0.418. The SMILES string of the molecule is C=C1N=C(Cl)c2ccccc2O1. The molecular weight excluding hydrogens is 174 g/mol. The zero-order chi connectivity index (χ0) is 8.55. The predicted molar refractivity (Wildman–Crippen MR) is 48.6 cm³/mol. The highest BCUT2D eigenvalue weighted by Gasteiger charge is 2.14. The average Bonchev–Trinajstić information content (AvgIpc) is 2.04. The summed E-state index contributed by atoms with van der Waals surface area (Å²) in [5.74, 6) is 1.04. The first-order valence-electron chi connectivity index (χ1n) is 3.48. The van der Waals surface area contributed by atoms with E-state index >= 15 is 0 Å². The van der Waals surface area contributed by atoms with Gasteiger partial charge in [0.1, 0.15) is 10.9 Å². The summed E-state index contributed by atoms with van der Waals surface area (Å²) in [6, 6.07) is 7.45. The smallest absolute Gasteiger partial charge is 0.213 e. The van der Waals surface area contributed by atoms with E-state index in [1.807, 2.05) is 24.3 Å². The standard InChI is InChI=1S/C9H6ClNO/c1-6-11-9(10)7-4-2-3-5-8(7)12-6/h2-5H,1H2. The number of hydrogen-bond donors (Lipinski definition) is 0. The van der Waals surface area contributed by atoms with E-state index in [1.54, 1.807) is 0 Å². The summed E-state index contributed by atoms with van der Waals surface area (Å²) in [6.45, 7) is 3.57. The Morgan fingerprint density at radius 1 is 1.33 bits per heavy atom. The largest absolute Gasteiger partial charge is 0.439 e. The van der Waals surface area contributed by atoms with E-state index in [4.69, 9.17) is 16.3 Å². The maximum atomic E-state index is 5.85. The lowest BCUT2D eigenvalue weighted by Gasteiger charge is -2.14. The van der Waals surface area contributed by atoms with Crippen LogP contribution in [0.5, 0.6) is 5.75 Å². The zero-order valence-corrected chi connectivity index (χ0v) is 7.01. The number of nitrogens with zero attached hydrogens (tertiary/aromatic N) is 1. The third-order valence-corrected chi connectivity index (χ3v) is 1.85. The second-order valence-corrected chi connectivity index (χ2v) is 2.75. The summed E-state index contributed by atoms with van der Waals surface area (Å²) < 4.78 is 5.24. The first kappa shape index (κ1) is 7.37. The fraction of sp³-hybridized carbons (Fsp3) is 0. The van der Waals surface area contributed by atoms with Gasteiger partial charge in [-0.3, -0.25) is 0 Å². The molecule has 0 aliphatic carbocycles. The molecule has 0 saturated carbocycles. The Morgan fingerprint density at radius 2 is 2.08 bits per heavy atom. The first-order valence-corrected chi connectivity index (χ1v) is 3.85. The van der Waals surface area contributed by atoms with Gasteiger partial charge in [0.25, 0.3) is 0 Å². The van der Waals surface area contributed by atoms with Crippen LogP contribution >= 0.6 is 11.6 Å². The lowest BCUT2D eigenvalue weighted by Crippen LogP contribution is -2.05. The number of halogens is 1. The molecule has 0 N–H and O–H groups in total. The van der Waals surface area contributed by atoms with E-state index in [-0.39, 0.29) is 0 Å². The molecule has 2 nitrogen and oxygen atoms in total. The van der Waals surface area contributed by atoms with Gasteiger partial charge in [0.15, 0.2) is 0 Å². The second-order valence-electron chi connectivity index (χ2n) is 2.39. The van der Waals surface area contributed by atoms with Crippen molar-refractivity contribution in [2.75, 3.05) is 0 Å². The van der Waals surface area contributed by atoms with Gasteiger partial charge in [-0.2, -0.15) is 0 Å². The van der Waals surface area contributed by atoms with Gasteiger partial charge in [-0.1, -0.05) is 23.7 Å². The van der Waals surface area contributed by atoms with E-state index in [1.165, 1.54) is 0 Å². The molecule has 12 heavy (non-hydrogen) atoms. The van der Waals surface area contributed by atoms with Crippen molar-refractivity contribution in [3.8, 4) is 5.75 Å². The third kappa shape index (κ3) is 1.10. The summed E-state index contributed by atoms with van der Waals surface area (Å²) in [6.07, 6.45) is 0. The van der Waals surface area contributed by atoms with Crippen LogP contribution in [0.25, 0.3) is 0 Å². The average molecular weight is 180 g/mol. The Bertz CT molecular complexity index is 371. The van der Waals surface area contributed by atoms with E-state index < -0.39 is 0 Å². The van der Waals surface area contributed by atoms with Crippen molar-refractivity contribution in [3.05, 3.63) is 42.3 Å². The molecule has 0 amide bonds. The van der Waals surface area contributed by atoms with E-state index in [9.17, 15) is 0 Å². The molecule has 0 atom stereocenters. The number of aliphatic imine (C=N–C) groups is 1. The maximum Gasteiger partial charge on any atom is 0.213 e. The molecule has 1 aliphatic heterocycles. The van der Waals surface area contributed by atoms with E-state index in [0.717, 1.165) is 5.56 Å². The van der Waals surface area contributed by atoms with Crippen LogP contribution in [-0.2, 0) is 0 Å². The van der Waals surface area contributed by atoms with Crippen LogP contribution in [0.15, 0.2) is 41.7 Å². The van der Waals surface area contributed by atoms with Gasteiger partial charge in [0, 0.05) is 0 Å². The van der Waals surface area contributed by atoms with Gasteiger partial charge in [0.2, 0.25) is 5.88 Å². The van der Waals surface area contributed by atoms with Crippen molar-refractivity contribution < 1.29 is 4.74 Å². The van der Waals surface area contributed by atoms with Crippen LogP contribution in [0, 0.1) is 0 Å². The van der Waals surface area contributed by atoms with Crippen molar-refractivity contribution in [2.45, 2.75) is 0 Å². The highest BCUT2D eigenvalue weighted by Crippen LogP contribution is 2.26. The van der Waals surface area contributed by atoms with Gasteiger partial charge in [0.05, 0.1) is 5.56 Å². The molecule has 1 aromatic rings. The van der Waals surface area contributed by atoms with Crippen LogP contribution in [0.1, 0.15) is 5.56 Å². The normalized spacial score (nSPS) is 14.8. The highest BCUT2D eigenvalue weighted by atomic mass is 35.5. The Balaban J connectivity index is 2.60. The van der Waals surface area contributed by atoms with Crippen LogP contribution in [0.4, 0.5) is 0 Å². The minimum absolute atomic E-state index is 0.332. The van der Waals surface area contributed by atoms with E-state index in [0.29, 0.717) is 16.8 Å². The predicted octanol–water partition coefficient (Wildman–Crippen LogP) is 2.54. The van der Waals surface area contributed by atoms with Gasteiger partial charge in [-0.05, 0) is 18.7 Å². The fourth-order valence-corrected chi connectivity index (χ4v) is 1.30. The Morgan fingerprint density at radius 3 is 2.92 bits per heavy atom. The van der Waals surface area contributed by atoms with Gasteiger partial charge in [-0.15, -0.1) is 0 Å². The molecule has 0 unspecified atom stereocenters. The van der Waals surface area contributed by atoms with Crippen LogP contribution in [0.3, 0.4) is 0 Å². The summed E-state index contributed by atoms with van der Waals surface area (Å²) in [4.78, 5) is 3.89. The summed E-state index contributed by atoms with van der Waals surface area (Å²) in [5, 5.41) is 0.432. The lowest BCUT2D eigenvalue weighted by atomic mass is 10.2. The molecular formula is C9H6ClNO. The molecule has 0 bridgehead atoms. The zero-order valence-electron chi connectivity index (χ0n) is 6.25. The van der Waals surface area contributed by atoms with Crippen LogP contribution in [0.2, 0.25) is 0 Å². The minimum atomic E-state index is 0.332. The minimum Gasteiger partial charge on any atom is -0.439 e. The second kappa shape index (κ2) is 2.64. The highest BCUT2D eigenvalue weighted by molar-refractivity contribution is 6.70. The molecule has 0 radical (unpaired) electrons. The molecule has 1 aliphatic rings. The molecule has 0 spiro atoms. The van der Waals surface area contributed by atoms with Crippen molar-refractivity contribution >= 4 is 16.8 Å². The summed E-state index contributed by atoms with van der Waals surface area (Å²) in [5.41, 5.74) is 0.812. The van der Waals surface area contributed by atoms with Crippen molar-refractivity contribution in [1.82, 2.24) is 0 Å². The summed E-state index contributed by atoms with van der Waals surface area (Å²) in [7, 11) is 0. The van der Waals surface area contributed by atoms with E-state index in [2.05, 4.69) is 11.6 Å². The molecule has 60 valence electrons. The number of benzene rings is 1. The quantitative estimate of drug-likeness (QED) is 0.600. The maximum absolute atomic E-state index is 5.85. The van der Waals surface area contributed by atoms with Gasteiger partial charge in [-0.25, -0.2) is 4.99 Å². The van der Waals surface area contributed by atoms with Crippen molar-refractivity contribution in [2.24, 2.45) is 4.99 Å². The first-order chi connectivity index (χ1) is 5.77. The van der Waals surface area contributed by atoms with Gasteiger partial charge >= 0.3 is 0 Å². The number of para-hydroxylation sites is 1. The topological polar surface area (TPSA) is 21.6 Å². The molecule has 1 heterocycles. The molecule has 2 rings (SSSR count). The summed E-state index contributed by atoms with van der Waals surface area (Å²) >= 11 is 5.85. The fourth-order valence-electron chi connectivity index (χ4n) is 1.05. The Labute approximate surface area is 75.1 Å². The Kier molecular flexibility index (Phi) is 1.62. The van der Waals surface area contributed by atoms with Gasteiger partial charge < -0.3 is 4.74 Å². The third-order valence-electron chi connectivity index (χ3n) is 1.56. The van der Waals surface area contributed by atoms with Crippen molar-refractivity contribution in [3.63, 3.8) is 0 Å². The number of rotatable bonds is 0. The molecule has 0 saturated heterocycles. The molecule has 1 aromatic carbocycles. The molecule has 0 fully saturated rings. The van der Waals surface area contributed by atoms with Crippen LogP contribution < -0.4 is 4.74 Å². The molecule has 3 heteroatoms. The number of fused-ring (bicyclic) bond motifs is 1. The Hall–Kier alpha value is -1.28. The van der Waals surface area contributed by atoms with Crippen molar-refractivity contribution in [1.29, 1.82) is 0 Å². The molecule has 0 aromatic heterocycles. The monoisotopic (exact) mass is 179 g/mol.